The molecule has 0 aliphatic heterocycles. The zero-order valence-corrected chi connectivity index (χ0v) is 18.5. The van der Waals surface area contributed by atoms with Gasteiger partial charge in [-0.3, -0.25) is 4.79 Å². The van der Waals surface area contributed by atoms with Crippen LogP contribution in [0.1, 0.15) is 30.0 Å². The van der Waals surface area contributed by atoms with Crippen molar-refractivity contribution in [1.29, 1.82) is 0 Å². The van der Waals surface area contributed by atoms with Gasteiger partial charge in [-0.05, 0) is 43.5 Å². The molecule has 154 valence electrons. The summed E-state index contributed by atoms with van der Waals surface area (Å²) in [5, 5.41) is 3.71. The van der Waals surface area contributed by atoms with Gasteiger partial charge < -0.3 is 5.32 Å². The molecule has 1 amide bonds. The molecular weight excluding hydrogens is 406 g/mol. The topological polar surface area (TPSA) is 88.2 Å². The molecule has 3 aromatic rings. The second-order valence-corrected chi connectivity index (χ2v) is 10.4. The summed E-state index contributed by atoms with van der Waals surface area (Å²) in [6.45, 7) is 7.85. The first-order chi connectivity index (χ1) is 13.7. The van der Waals surface area contributed by atoms with E-state index in [1.807, 2.05) is 52.0 Å². The molecule has 0 saturated heterocycles. The van der Waals surface area contributed by atoms with Gasteiger partial charge in [0.05, 0.1) is 20.1 Å². The van der Waals surface area contributed by atoms with E-state index in [4.69, 9.17) is 0 Å². The minimum absolute atomic E-state index is 0.130. The average molecular weight is 432 g/mol. The Balaban J connectivity index is 1.75. The van der Waals surface area contributed by atoms with Gasteiger partial charge in [-0.1, -0.05) is 43.7 Å². The molecule has 0 fully saturated rings. The van der Waals surface area contributed by atoms with Crippen LogP contribution in [0, 0.1) is 19.8 Å². The highest BCUT2D eigenvalue weighted by molar-refractivity contribution is 7.89. The highest BCUT2D eigenvalue weighted by Gasteiger charge is 2.28. The van der Waals surface area contributed by atoms with Crippen LogP contribution in [0.15, 0.2) is 47.4 Å². The fraction of sp³-hybridized carbons (Fsp3) is 0.333. The number of benzene rings is 2. The van der Waals surface area contributed by atoms with E-state index < -0.39 is 16.1 Å². The third-order valence-electron chi connectivity index (χ3n) is 4.60. The molecule has 0 bridgehead atoms. The third kappa shape index (κ3) is 5.20. The molecule has 3 rings (SSSR count). The van der Waals surface area contributed by atoms with E-state index >= 15 is 0 Å². The molecule has 8 heteroatoms. The van der Waals surface area contributed by atoms with Gasteiger partial charge in [-0.15, -0.1) is 11.3 Å². The summed E-state index contributed by atoms with van der Waals surface area (Å²) in [5.41, 5.74) is 2.86. The lowest BCUT2D eigenvalue weighted by Gasteiger charge is -2.21. The second kappa shape index (κ2) is 8.61. The Morgan fingerprint density at radius 1 is 1.10 bits per heavy atom. The highest BCUT2D eigenvalue weighted by atomic mass is 32.2. The molecular formula is C21H25N3O3S2. The summed E-state index contributed by atoms with van der Waals surface area (Å²) in [5.74, 6) is -0.559. The molecule has 0 spiro atoms. The SMILES string of the molecule is Cc1ccc(CNC(=O)[C@H](NS(=O)(=O)c2ccc3nc(C)sc3c2)C(C)C)cc1. The van der Waals surface area contributed by atoms with Crippen LogP contribution < -0.4 is 10.0 Å². The predicted octanol–water partition coefficient (Wildman–Crippen LogP) is 3.53. The van der Waals surface area contributed by atoms with E-state index in [1.54, 1.807) is 12.1 Å². The number of aromatic nitrogens is 1. The lowest BCUT2D eigenvalue weighted by molar-refractivity contribution is -0.123. The number of nitrogens with zero attached hydrogens (tertiary/aromatic N) is 1. The van der Waals surface area contributed by atoms with Crippen LogP contribution in [0.4, 0.5) is 0 Å². The van der Waals surface area contributed by atoms with Crippen molar-refractivity contribution in [3.8, 4) is 0 Å². The van der Waals surface area contributed by atoms with Crippen LogP contribution in [0.2, 0.25) is 0 Å². The van der Waals surface area contributed by atoms with E-state index in [-0.39, 0.29) is 16.7 Å². The van der Waals surface area contributed by atoms with Crippen LogP contribution in [-0.4, -0.2) is 25.4 Å². The van der Waals surface area contributed by atoms with Crippen molar-refractivity contribution in [2.45, 2.75) is 45.2 Å². The first kappa shape index (κ1) is 21.4. The number of nitrogens with one attached hydrogen (secondary N) is 2. The minimum Gasteiger partial charge on any atom is -0.351 e. The maximum absolute atomic E-state index is 12.9. The summed E-state index contributed by atoms with van der Waals surface area (Å²) in [6.07, 6.45) is 0. The molecule has 0 aliphatic carbocycles. The average Bonchev–Trinajstić information content (AvgIpc) is 3.04. The summed E-state index contributed by atoms with van der Waals surface area (Å²) in [4.78, 5) is 17.2. The van der Waals surface area contributed by atoms with Gasteiger partial charge in [-0.25, -0.2) is 13.4 Å². The number of hydrogen-bond acceptors (Lipinski definition) is 5. The Kier molecular flexibility index (Phi) is 6.36. The molecule has 1 atom stereocenters. The Morgan fingerprint density at radius 3 is 2.45 bits per heavy atom. The molecule has 2 aromatic carbocycles. The molecule has 1 aromatic heterocycles. The summed E-state index contributed by atoms with van der Waals surface area (Å²) in [7, 11) is -3.85. The maximum Gasteiger partial charge on any atom is 0.241 e. The molecule has 6 nitrogen and oxygen atoms in total. The van der Waals surface area contributed by atoms with E-state index in [0.29, 0.717) is 6.54 Å². The van der Waals surface area contributed by atoms with Crippen LogP contribution in [-0.2, 0) is 21.4 Å². The lowest BCUT2D eigenvalue weighted by atomic mass is 10.0. The fourth-order valence-electron chi connectivity index (χ4n) is 2.92. The van der Waals surface area contributed by atoms with Gasteiger partial charge in [0, 0.05) is 6.54 Å². The second-order valence-electron chi connectivity index (χ2n) is 7.41. The smallest absolute Gasteiger partial charge is 0.241 e. The summed E-state index contributed by atoms with van der Waals surface area (Å²) >= 11 is 1.44. The number of thiazole rings is 1. The monoisotopic (exact) mass is 431 g/mol. The molecule has 2 N–H and O–H groups in total. The van der Waals surface area contributed by atoms with Crippen LogP contribution in [0.25, 0.3) is 10.2 Å². The number of aryl methyl sites for hydroxylation is 2. The van der Waals surface area contributed by atoms with Crippen LogP contribution in [0.3, 0.4) is 0 Å². The van der Waals surface area contributed by atoms with Gasteiger partial charge in [0.2, 0.25) is 15.9 Å². The first-order valence-electron chi connectivity index (χ1n) is 9.38. The van der Waals surface area contributed by atoms with E-state index in [2.05, 4.69) is 15.0 Å². The quantitative estimate of drug-likeness (QED) is 0.599. The Labute approximate surface area is 175 Å². The number of rotatable bonds is 7. The van der Waals surface area contributed by atoms with Crippen molar-refractivity contribution >= 4 is 37.5 Å². The number of amides is 1. The van der Waals surface area contributed by atoms with Crippen molar-refractivity contribution in [2.75, 3.05) is 0 Å². The van der Waals surface area contributed by atoms with Gasteiger partial charge >= 0.3 is 0 Å². The molecule has 1 heterocycles. The van der Waals surface area contributed by atoms with Gasteiger partial charge in [0.15, 0.2) is 0 Å². The number of sulfonamides is 1. The maximum atomic E-state index is 12.9. The Bertz CT molecular complexity index is 1120. The van der Waals surface area contributed by atoms with Gasteiger partial charge in [0.1, 0.15) is 6.04 Å². The van der Waals surface area contributed by atoms with Crippen molar-refractivity contribution in [3.63, 3.8) is 0 Å². The summed E-state index contributed by atoms with van der Waals surface area (Å²) < 4.78 is 29.2. The number of carbonyl (C=O) groups is 1. The molecule has 0 unspecified atom stereocenters. The number of carbonyl (C=O) groups excluding carboxylic acids is 1. The zero-order valence-electron chi connectivity index (χ0n) is 16.9. The Hall–Kier alpha value is -2.29. The largest absolute Gasteiger partial charge is 0.351 e. The molecule has 0 saturated carbocycles. The minimum atomic E-state index is -3.85. The normalized spacial score (nSPS) is 13.0. The highest BCUT2D eigenvalue weighted by Crippen LogP contribution is 2.25. The Morgan fingerprint density at radius 2 is 1.79 bits per heavy atom. The van der Waals surface area contributed by atoms with Crippen molar-refractivity contribution in [2.24, 2.45) is 5.92 Å². The third-order valence-corrected chi connectivity index (χ3v) is 6.97. The van der Waals surface area contributed by atoms with Crippen LogP contribution in [0.5, 0.6) is 0 Å². The molecule has 29 heavy (non-hydrogen) atoms. The van der Waals surface area contributed by atoms with E-state index in [1.165, 1.54) is 17.4 Å². The van der Waals surface area contributed by atoms with Crippen LogP contribution >= 0.6 is 11.3 Å². The predicted molar refractivity (Wildman–Crippen MR) is 116 cm³/mol. The molecule has 0 aliphatic rings. The van der Waals surface area contributed by atoms with E-state index in [0.717, 1.165) is 26.4 Å². The van der Waals surface area contributed by atoms with Crippen molar-refractivity contribution < 1.29 is 13.2 Å². The fourth-order valence-corrected chi connectivity index (χ4v) is 5.23. The van der Waals surface area contributed by atoms with Crippen molar-refractivity contribution in [1.82, 2.24) is 15.0 Å². The van der Waals surface area contributed by atoms with Gasteiger partial charge in [-0.2, -0.15) is 4.72 Å². The van der Waals surface area contributed by atoms with Gasteiger partial charge in [0.25, 0.3) is 0 Å². The molecule has 0 radical (unpaired) electrons. The zero-order chi connectivity index (χ0) is 21.2. The number of fused-ring (bicyclic) bond motifs is 1. The standard InChI is InChI=1S/C21H25N3O3S2/c1-13(2)20(21(25)22-12-16-7-5-14(3)6-8-16)24-29(26,27)17-9-10-18-19(11-17)28-15(4)23-18/h5-11,13,20,24H,12H2,1-4H3,(H,22,25)/t20-/m1/s1. The first-order valence-corrected chi connectivity index (χ1v) is 11.7. The summed E-state index contributed by atoms with van der Waals surface area (Å²) in [6, 6.07) is 11.8. The number of hydrogen-bond donors (Lipinski definition) is 2. The lowest BCUT2D eigenvalue weighted by Crippen LogP contribution is -2.49. The van der Waals surface area contributed by atoms with E-state index in [9.17, 15) is 13.2 Å². The van der Waals surface area contributed by atoms with Crippen molar-refractivity contribution in [3.05, 3.63) is 58.6 Å².